The van der Waals surface area contributed by atoms with E-state index in [1.54, 1.807) is 13.2 Å². The molecule has 0 fully saturated rings. The quantitative estimate of drug-likeness (QED) is 0.184. The number of amides is 1. The van der Waals surface area contributed by atoms with Crippen molar-refractivity contribution in [2.75, 3.05) is 20.7 Å². The summed E-state index contributed by atoms with van der Waals surface area (Å²) in [6.45, 7) is 1.90. The lowest BCUT2D eigenvalue weighted by atomic mass is 10.00. The zero-order chi connectivity index (χ0) is 26.1. The fourth-order valence-electron chi connectivity index (χ4n) is 3.65. The minimum absolute atomic E-state index is 0.0415. The van der Waals surface area contributed by atoms with Gasteiger partial charge in [0, 0.05) is 19.2 Å². The Morgan fingerprint density at radius 2 is 2.03 bits per heavy atom. The molecule has 1 aliphatic heterocycles. The van der Waals surface area contributed by atoms with Crippen LogP contribution in [-0.4, -0.2) is 48.3 Å². The molecule has 1 amide bonds. The molecule has 0 bridgehead atoms. The van der Waals surface area contributed by atoms with Crippen LogP contribution in [0.5, 0.6) is 0 Å². The minimum atomic E-state index is -1.09. The maximum Gasteiger partial charge on any atom is 0.293 e. The molecule has 2 aromatic carbocycles. The number of hydrazone groups is 1. The molecule has 0 saturated carbocycles. The second-order valence-electron chi connectivity index (χ2n) is 7.60. The van der Waals surface area contributed by atoms with E-state index in [1.165, 1.54) is 19.0 Å². The third kappa shape index (κ3) is 5.80. The van der Waals surface area contributed by atoms with Gasteiger partial charge >= 0.3 is 0 Å². The van der Waals surface area contributed by atoms with E-state index in [0.29, 0.717) is 25.3 Å². The lowest BCUT2D eigenvalue weighted by Gasteiger charge is -2.36. The number of nitrogens with zero attached hydrogens (tertiary/aromatic N) is 5. The van der Waals surface area contributed by atoms with Gasteiger partial charge in [0.25, 0.3) is 5.91 Å². The van der Waals surface area contributed by atoms with Crippen LogP contribution in [0.25, 0.3) is 0 Å². The molecule has 3 rings (SSSR count). The summed E-state index contributed by atoms with van der Waals surface area (Å²) in [5.41, 5.74) is 0.734. The van der Waals surface area contributed by atoms with E-state index in [9.17, 15) is 13.6 Å². The summed E-state index contributed by atoms with van der Waals surface area (Å²) in [6, 6.07) is 12.3. The minimum Gasteiger partial charge on any atom is -0.399 e. The number of guanidine groups is 1. The van der Waals surface area contributed by atoms with Gasteiger partial charge in [0.15, 0.2) is 0 Å². The van der Waals surface area contributed by atoms with E-state index in [1.807, 2.05) is 30.3 Å². The second-order valence-corrected chi connectivity index (χ2v) is 8.86. The largest absolute Gasteiger partial charge is 0.399 e. The van der Waals surface area contributed by atoms with Gasteiger partial charge in [-0.1, -0.05) is 47.2 Å². The molecule has 12 heteroatoms. The van der Waals surface area contributed by atoms with Gasteiger partial charge in [-0.15, -0.1) is 4.99 Å². The Morgan fingerprint density at radius 1 is 1.28 bits per heavy atom. The van der Waals surface area contributed by atoms with E-state index in [4.69, 9.17) is 10.1 Å². The monoisotopic (exact) mass is 513 g/mol. The number of carbonyl (C=O) groups is 1. The van der Waals surface area contributed by atoms with Crippen LogP contribution in [0.15, 0.2) is 63.8 Å². The van der Waals surface area contributed by atoms with Gasteiger partial charge in [0.2, 0.25) is 12.2 Å². The summed E-state index contributed by atoms with van der Waals surface area (Å²) >= 11 is 1.16. The van der Waals surface area contributed by atoms with E-state index >= 15 is 0 Å². The summed E-state index contributed by atoms with van der Waals surface area (Å²) in [4.78, 5) is 20.8. The van der Waals surface area contributed by atoms with Gasteiger partial charge in [-0.3, -0.25) is 4.79 Å². The number of benzene rings is 2. The average Bonchev–Trinajstić information content (AvgIpc) is 3.28. The molecular weight excluding hydrogens is 488 g/mol. The number of nitrogens with one attached hydrogen (secondary N) is 2. The molecule has 1 heterocycles. The van der Waals surface area contributed by atoms with Gasteiger partial charge in [0.05, 0.1) is 0 Å². The van der Waals surface area contributed by atoms with Gasteiger partial charge in [0.1, 0.15) is 34.4 Å². The molecule has 2 aromatic rings. The van der Waals surface area contributed by atoms with Crippen LogP contribution >= 0.6 is 11.8 Å². The maximum atomic E-state index is 14.7. The Kier molecular flexibility index (Phi) is 8.97. The van der Waals surface area contributed by atoms with Crippen molar-refractivity contribution in [1.29, 1.82) is 5.26 Å². The summed E-state index contributed by atoms with van der Waals surface area (Å²) in [5, 5.41) is 24.2. The summed E-state index contributed by atoms with van der Waals surface area (Å²) in [6.07, 6.45) is 2.59. The standard InChI is InChI=1S/C24H25F2N7O2S/c1-16(32-35-3)22(34)33-24(17-8-5-4-6-9-17,12-7-13-29-23(28-2)30-15-27)36-21(31-33)19-14-18(25)10-11-20(19)26/h4-6,8-11,14H,7,12-13H2,1-3H3,(H2,28,29,30)/b32-16-. The first-order chi connectivity index (χ1) is 17.4. The highest BCUT2D eigenvalue weighted by Crippen LogP contribution is 2.50. The molecule has 0 aromatic heterocycles. The van der Waals surface area contributed by atoms with Gasteiger partial charge in [-0.05, 0) is 43.5 Å². The third-order valence-corrected chi connectivity index (χ3v) is 6.74. The molecule has 9 nitrogen and oxygen atoms in total. The fraction of sp³-hybridized carbons (Fsp3) is 0.292. The Balaban J connectivity index is 2.05. The molecule has 188 valence electrons. The zero-order valence-electron chi connectivity index (χ0n) is 20.0. The summed E-state index contributed by atoms with van der Waals surface area (Å²) in [7, 11) is 2.96. The topological polar surface area (TPSA) is 114 Å². The number of hydrogen-bond acceptors (Lipinski definition) is 7. The van der Waals surface area contributed by atoms with E-state index in [0.717, 1.165) is 35.5 Å². The highest BCUT2D eigenvalue weighted by Gasteiger charge is 2.49. The third-order valence-electron chi connectivity index (χ3n) is 5.30. The number of halogens is 2. The molecule has 1 unspecified atom stereocenters. The summed E-state index contributed by atoms with van der Waals surface area (Å²) < 4.78 is 28.8. The molecule has 2 N–H and O–H groups in total. The highest BCUT2D eigenvalue weighted by atomic mass is 32.2. The smallest absolute Gasteiger partial charge is 0.293 e. The van der Waals surface area contributed by atoms with Crippen LogP contribution < -0.4 is 10.6 Å². The van der Waals surface area contributed by atoms with E-state index < -0.39 is 22.4 Å². The zero-order valence-corrected chi connectivity index (χ0v) is 20.8. The Hall–Kier alpha value is -3.98. The number of oxime groups is 1. The van der Waals surface area contributed by atoms with Crippen molar-refractivity contribution in [3.63, 3.8) is 0 Å². The predicted molar refractivity (Wildman–Crippen MR) is 135 cm³/mol. The van der Waals surface area contributed by atoms with Crippen LogP contribution in [0, 0.1) is 23.1 Å². The first-order valence-corrected chi connectivity index (χ1v) is 11.8. The van der Waals surface area contributed by atoms with Crippen LogP contribution in [0.4, 0.5) is 8.78 Å². The van der Waals surface area contributed by atoms with Crippen LogP contribution in [0.1, 0.15) is 30.9 Å². The number of aliphatic imine (C=N–C) groups is 1. The lowest BCUT2D eigenvalue weighted by molar-refractivity contribution is -0.127. The van der Waals surface area contributed by atoms with Crippen LogP contribution in [0.3, 0.4) is 0 Å². The van der Waals surface area contributed by atoms with Crippen molar-refractivity contribution in [2.24, 2.45) is 15.2 Å². The Labute approximate surface area is 211 Å². The van der Waals surface area contributed by atoms with Crippen LogP contribution in [-0.2, 0) is 14.5 Å². The SMILES string of the molecule is CN/C(=N/C#N)NCCCC1(c2ccccc2)SC(c2cc(F)ccc2F)=NN1C(=O)/C(C)=N\OC. The van der Waals surface area contributed by atoms with Gasteiger partial charge < -0.3 is 15.5 Å². The van der Waals surface area contributed by atoms with Crippen molar-refractivity contribution in [3.05, 3.63) is 71.3 Å². The second kappa shape index (κ2) is 12.1. The van der Waals surface area contributed by atoms with Gasteiger partial charge in [-0.25, -0.2) is 13.8 Å². The predicted octanol–water partition coefficient (Wildman–Crippen LogP) is 3.50. The van der Waals surface area contributed by atoms with E-state index in [-0.39, 0.29) is 16.3 Å². The van der Waals surface area contributed by atoms with E-state index in [2.05, 4.69) is 25.9 Å². The molecule has 0 saturated heterocycles. The molecule has 0 aliphatic carbocycles. The summed E-state index contributed by atoms with van der Waals surface area (Å²) in [5.74, 6) is -1.52. The number of carbonyl (C=O) groups excluding carboxylic acids is 1. The molecule has 1 atom stereocenters. The Bertz CT molecular complexity index is 1230. The number of rotatable bonds is 8. The molecule has 36 heavy (non-hydrogen) atoms. The average molecular weight is 514 g/mol. The molecule has 0 radical (unpaired) electrons. The number of hydrogen-bond donors (Lipinski definition) is 2. The first-order valence-electron chi connectivity index (χ1n) is 11.0. The van der Waals surface area contributed by atoms with Crippen molar-refractivity contribution >= 4 is 34.4 Å². The highest BCUT2D eigenvalue weighted by molar-refractivity contribution is 8.15. The lowest BCUT2D eigenvalue weighted by Crippen LogP contribution is -2.44. The van der Waals surface area contributed by atoms with Crippen molar-refractivity contribution in [2.45, 2.75) is 24.6 Å². The fourth-order valence-corrected chi connectivity index (χ4v) is 5.07. The number of nitriles is 1. The van der Waals surface area contributed by atoms with Crippen molar-refractivity contribution < 1.29 is 18.4 Å². The van der Waals surface area contributed by atoms with Crippen molar-refractivity contribution in [3.8, 4) is 6.19 Å². The number of thioether (sulfide) groups is 1. The normalized spacial score (nSPS) is 17.9. The Morgan fingerprint density at radius 3 is 2.69 bits per heavy atom. The van der Waals surface area contributed by atoms with Crippen molar-refractivity contribution in [1.82, 2.24) is 15.6 Å². The molecular formula is C24H25F2N7O2S. The van der Waals surface area contributed by atoms with Crippen LogP contribution in [0.2, 0.25) is 0 Å². The first kappa shape index (κ1) is 26.6. The molecule has 1 aliphatic rings. The maximum absolute atomic E-state index is 14.7. The van der Waals surface area contributed by atoms with Gasteiger partial charge in [-0.2, -0.15) is 10.4 Å². The molecule has 0 spiro atoms.